The van der Waals surface area contributed by atoms with Crippen LogP contribution in [0.15, 0.2) is 60.9 Å². The third-order valence-electron chi connectivity index (χ3n) is 7.96. The van der Waals surface area contributed by atoms with Gasteiger partial charge in [-0.2, -0.15) is 18.3 Å². The Labute approximate surface area is 250 Å². The number of alkyl halides is 3. The molecule has 2 N–H and O–H groups in total. The number of rotatable bonds is 8. The van der Waals surface area contributed by atoms with Crippen LogP contribution in [0.3, 0.4) is 0 Å². The van der Waals surface area contributed by atoms with E-state index in [1.807, 2.05) is 0 Å². The topological polar surface area (TPSA) is 93.8 Å². The largest absolute Gasteiger partial charge is 0.492 e. The average Bonchev–Trinajstić information content (AvgIpc) is 3.67. The summed E-state index contributed by atoms with van der Waals surface area (Å²) in [5.41, 5.74) is 0.775. The van der Waals surface area contributed by atoms with Gasteiger partial charge in [0.2, 0.25) is 0 Å². The summed E-state index contributed by atoms with van der Waals surface area (Å²) in [5.74, 6) is -1.38. The number of halogens is 4. The number of carbonyl (C=O) groups is 1. The predicted octanol–water partition coefficient (Wildman–Crippen LogP) is 7.16. The molecule has 0 saturated carbocycles. The number of carboxylic acid groups (broad SMARTS) is 1. The smallest absolute Gasteiger partial charge is 0.417 e. The third-order valence-corrected chi connectivity index (χ3v) is 7.96. The lowest BCUT2D eigenvalue weighted by atomic mass is 9.90. The van der Waals surface area contributed by atoms with Gasteiger partial charge in [0.15, 0.2) is 0 Å². The molecule has 1 aromatic heterocycles. The van der Waals surface area contributed by atoms with Gasteiger partial charge in [-0.1, -0.05) is 30.3 Å². The molecule has 4 aromatic rings. The molecule has 2 heterocycles. The van der Waals surface area contributed by atoms with Crippen molar-refractivity contribution < 1.29 is 42.0 Å². The molecule has 0 amide bonds. The van der Waals surface area contributed by atoms with Gasteiger partial charge in [-0.3, -0.25) is 9.48 Å². The third kappa shape index (κ3) is 5.88. The zero-order chi connectivity index (χ0) is 31.4. The Bertz CT molecular complexity index is 1720. The maximum Gasteiger partial charge on any atom is 0.417 e. The molecular weight excluding hydrogens is 580 g/mol. The van der Waals surface area contributed by atoms with E-state index < -0.39 is 35.2 Å². The Morgan fingerprint density at radius 2 is 1.82 bits per heavy atom. The normalized spacial score (nSPS) is 17.7. The van der Waals surface area contributed by atoms with Crippen molar-refractivity contribution in [3.05, 3.63) is 89.0 Å². The fourth-order valence-electron chi connectivity index (χ4n) is 6.12. The fourth-order valence-corrected chi connectivity index (χ4v) is 6.12. The lowest BCUT2D eigenvalue weighted by molar-refractivity contribution is -0.138. The van der Waals surface area contributed by atoms with Crippen LogP contribution in [0.4, 0.5) is 17.6 Å². The molecule has 1 aliphatic carbocycles. The van der Waals surface area contributed by atoms with Crippen molar-refractivity contribution in [3.63, 3.8) is 0 Å². The monoisotopic (exact) mass is 610 g/mol. The first-order chi connectivity index (χ1) is 20.8. The van der Waals surface area contributed by atoms with Gasteiger partial charge in [0.1, 0.15) is 23.4 Å². The van der Waals surface area contributed by atoms with Gasteiger partial charge in [0, 0.05) is 34.9 Å². The molecule has 2 aliphatic rings. The molecule has 11 heteroatoms. The predicted molar refractivity (Wildman–Crippen MR) is 153 cm³/mol. The second kappa shape index (κ2) is 11.0. The molecule has 0 saturated heterocycles. The van der Waals surface area contributed by atoms with Crippen molar-refractivity contribution >= 4 is 5.97 Å². The summed E-state index contributed by atoms with van der Waals surface area (Å²) in [7, 11) is 0. The highest BCUT2D eigenvalue weighted by Crippen LogP contribution is 2.48. The molecule has 0 radical (unpaired) electrons. The second-order valence-corrected chi connectivity index (χ2v) is 11.9. The Hall–Kier alpha value is -4.38. The van der Waals surface area contributed by atoms with Gasteiger partial charge in [-0.15, -0.1) is 0 Å². The summed E-state index contributed by atoms with van der Waals surface area (Å²) in [6.45, 7) is 3.82. The first-order valence-corrected chi connectivity index (χ1v) is 14.2. The van der Waals surface area contributed by atoms with Crippen LogP contribution in [0.2, 0.25) is 0 Å². The van der Waals surface area contributed by atoms with Crippen LogP contribution in [0, 0.1) is 5.82 Å². The molecule has 2 atom stereocenters. The van der Waals surface area contributed by atoms with Gasteiger partial charge in [-0.05, 0) is 61.1 Å². The van der Waals surface area contributed by atoms with Crippen LogP contribution in [0.1, 0.15) is 61.0 Å². The Morgan fingerprint density at radius 1 is 1.09 bits per heavy atom. The molecule has 0 spiro atoms. The lowest BCUT2D eigenvalue weighted by Gasteiger charge is -2.21. The zero-order valence-electron chi connectivity index (χ0n) is 24.0. The molecule has 1 aliphatic heterocycles. The van der Waals surface area contributed by atoms with E-state index in [0.29, 0.717) is 23.1 Å². The van der Waals surface area contributed by atoms with Gasteiger partial charge < -0.3 is 19.7 Å². The Balaban J connectivity index is 1.31. The number of aliphatic hydroxyl groups is 1. The first kappa shape index (κ1) is 29.7. The number of hydrogen-bond donors (Lipinski definition) is 2. The van der Waals surface area contributed by atoms with Crippen molar-refractivity contribution in [1.29, 1.82) is 0 Å². The van der Waals surface area contributed by atoms with Crippen molar-refractivity contribution in [2.75, 3.05) is 6.61 Å². The standard InChI is InChI=1S/C33H30F4N2O5/c1-32(2,42)17-39-15-21(14-38-39)18-3-5-19(6-4-18)30-24-9-10-27(31(24)26(34)13-25(30)33(35,36)37)44-22-7-8-23-20(11-29(40)41)16-43-28(23)12-22/h3-8,12-15,20,27,42H,9-11,16-17H2,1-2H3,(H,40,41)/t20-,27-/m1/s1. The van der Waals surface area contributed by atoms with E-state index in [1.54, 1.807) is 73.4 Å². The highest BCUT2D eigenvalue weighted by Gasteiger charge is 2.40. The molecule has 0 unspecified atom stereocenters. The summed E-state index contributed by atoms with van der Waals surface area (Å²) in [6.07, 6.45) is -1.85. The van der Waals surface area contributed by atoms with Crippen LogP contribution in [0.5, 0.6) is 11.5 Å². The van der Waals surface area contributed by atoms with Crippen LogP contribution in [0.25, 0.3) is 22.3 Å². The zero-order valence-corrected chi connectivity index (χ0v) is 24.0. The Morgan fingerprint density at radius 3 is 2.50 bits per heavy atom. The maximum absolute atomic E-state index is 15.4. The summed E-state index contributed by atoms with van der Waals surface area (Å²) >= 11 is 0. The van der Waals surface area contributed by atoms with E-state index in [0.717, 1.165) is 16.7 Å². The van der Waals surface area contributed by atoms with Crippen LogP contribution >= 0.6 is 0 Å². The van der Waals surface area contributed by atoms with Gasteiger partial charge in [0.05, 0.1) is 36.9 Å². The van der Waals surface area contributed by atoms with E-state index in [1.165, 1.54) is 0 Å². The average molecular weight is 611 g/mol. The van der Waals surface area contributed by atoms with Crippen molar-refractivity contribution in [2.45, 2.75) is 63.5 Å². The number of aromatic nitrogens is 2. The fraction of sp³-hybridized carbons (Fsp3) is 0.333. The highest BCUT2D eigenvalue weighted by atomic mass is 19.4. The maximum atomic E-state index is 15.4. The molecular formula is C33H30F4N2O5. The van der Waals surface area contributed by atoms with E-state index in [9.17, 15) is 23.1 Å². The second-order valence-electron chi connectivity index (χ2n) is 11.9. The number of benzene rings is 3. The summed E-state index contributed by atoms with van der Waals surface area (Å²) in [6, 6.07) is 12.1. The number of hydrogen-bond acceptors (Lipinski definition) is 5. The lowest BCUT2D eigenvalue weighted by Crippen LogP contribution is -2.26. The van der Waals surface area contributed by atoms with Crippen molar-refractivity contribution in [3.8, 4) is 33.8 Å². The molecule has 6 rings (SSSR count). The molecule has 3 aromatic carbocycles. The van der Waals surface area contributed by atoms with E-state index in [4.69, 9.17) is 14.6 Å². The quantitative estimate of drug-likeness (QED) is 0.206. The van der Waals surface area contributed by atoms with Gasteiger partial charge in [-0.25, -0.2) is 4.39 Å². The Kier molecular flexibility index (Phi) is 7.39. The van der Waals surface area contributed by atoms with E-state index in [-0.39, 0.29) is 55.0 Å². The SMILES string of the molecule is CC(C)(O)Cn1cc(-c2ccc(-c3c(C(F)(F)F)cc(F)c4c3CC[C@H]4Oc3ccc4c(c3)OC[C@H]4CC(=O)O)cc2)cn1. The highest BCUT2D eigenvalue weighted by molar-refractivity contribution is 5.77. The summed E-state index contributed by atoms with van der Waals surface area (Å²) in [4.78, 5) is 11.2. The number of carboxylic acids is 1. The van der Waals surface area contributed by atoms with Crippen LogP contribution in [-0.2, 0) is 23.9 Å². The molecule has 0 fully saturated rings. The van der Waals surface area contributed by atoms with Crippen LogP contribution in [-0.4, -0.2) is 38.2 Å². The van der Waals surface area contributed by atoms with E-state index >= 15 is 4.39 Å². The minimum absolute atomic E-state index is 0.0712. The minimum Gasteiger partial charge on any atom is -0.492 e. The molecule has 0 bridgehead atoms. The van der Waals surface area contributed by atoms with Crippen molar-refractivity contribution in [1.82, 2.24) is 9.78 Å². The van der Waals surface area contributed by atoms with Crippen molar-refractivity contribution in [2.24, 2.45) is 0 Å². The number of ether oxygens (including phenoxy) is 2. The number of nitrogens with zero attached hydrogens (tertiary/aromatic N) is 2. The van der Waals surface area contributed by atoms with E-state index in [2.05, 4.69) is 5.10 Å². The molecule has 7 nitrogen and oxygen atoms in total. The molecule has 44 heavy (non-hydrogen) atoms. The summed E-state index contributed by atoms with van der Waals surface area (Å²) < 4.78 is 71.6. The summed E-state index contributed by atoms with van der Waals surface area (Å²) in [5, 5.41) is 23.5. The number of fused-ring (bicyclic) bond motifs is 2. The minimum atomic E-state index is -4.79. The van der Waals surface area contributed by atoms with Gasteiger partial charge >= 0.3 is 12.1 Å². The van der Waals surface area contributed by atoms with Crippen LogP contribution < -0.4 is 9.47 Å². The first-order valence-electron chi connectivity index (χ1n) is 14.2. The molecule has 230 valence electrons. The number of aliphatic carboxylic acids is 1. The van der Waals surface area contributed by atoms with Gasteiger partial charge in [0.25, 0.3) is 0 Å².